The lowest BCUT2D eigenvalue weighted by Crippen LogP contribution is -2.13. The van der Waals surface area contributed by atoms with Gasteiger partial charge in [0, 0.05) is 16.2 Å². The molecule has 0 aliphatic heterocycles. The maximum Gasteiger partial charge on any atom is 0.225 e. The standard InChI is InChI=1S/C11H13Br2NO/c1-7-5-8(2)11(9(13)6-7)14-10(15)3-4-12/h5-6H,3-4H2,1-2H3,(H,14,15). The van der Waals surface area contributed by atoms with E-state index < -0.39 is 0 Å². The average Bonchev–Trinajstić information content (AvgIpc) is 2.11. The highest BCUT2D eigenvalue weighted by atomic mass is 79.9. The molecule has 0 unspecified atom stereocenters. The summed E-state index contributed by atoms with van der Waals surface area (Å²) in [6.45, 7) is 4.02. The molecule has 2 nitrogen and oxygen atoms in total. The molecule has 1 aromatic carbocycles. The van der Waals surface area contributed by atoms with Gasteiger partial charge >= 0.3 is 0 Å². The number of halogens is 2. The van der Waals surface area contributed by atoms with Crippen LogP contribution in [0.4, 0.5) is 5.69 Å². The van der Waals surface area contributed by atoms with Crippen molar-refractivity contribution in [1.82, 2.24) is 0 Å². The van der Waals surface area contributed by atoms with Crippen molar-refractivity contribution in [2.24, 2.45) is 0 Å². The Kier molecular flexibility index (Phi) is 4.80. The van der Waals surface area contributed by atoms with Gasteiger partial charge in [0.1, 0.15) is 0 Å². The number of benzene rings is 1. The molecule has 1 aromatic rings. The molecule has 0 bridgehead atoms. The number of aryl methyl sites for hydroxylation is 2. The van der Waals surface area contributed by atoms with Crippen molar-refractivity contribution in [2.75, 3.05) is 10.6 Å². The van der Waals surface area contributed by atoms with Gasteiger partial charge in [-0.3, -0.25) is 4.79 Å². The Labute approximate surface area is 107 Å². The summed E-state index contributed by atoms with van der Waals surface area (Å²) in [4.78, 5) is 11.4. The molecule has 0 aliphatic carbocycles. The van der Waals surface area contributed by atoms with Crippen molar-refractivity contribution < 1.29 is 4.79 Å². The largest absolute Gasteiger partial charge is 0.325 e. The maximum atomic E-state index is 11.4. The van der Waals surface area contributed by atoms with Crippen LogP contribution in [0.2, 0.25) is 0 Å². The molecule has 0 radical (unpaired) electrons. The number of rotatable bonds is 3. The van der Waals surface area contributed by atoms with Gasteiger partial charge in [-0.2, -0.15) is 0 Å². The van der Waals surface area contributed by atoms with Crippen molar-refractivity contribution in [2.45, 2.75) is 20.3 Å². The first-order chi connectivity index (χ1) is 7.04. The normalized spacial score (nSPS) is 10.1. The summed E-state index contributed by atoms with van der Waals surface area (Å²) in [5, 5.41) is 3.57. The summed E-state index contributed by atoms with van der Waals surface area (Å²) in [6.07, 6.45) is 0.486. The quantitative estimate of drug-likeness (QED) is 0.837. The van der Waals surface area contributed by atoms with E-state index in [1.54, 1.807) is 0 Å². The van der Waals surface area contributed by atoms with E-state index in [0.717, 1.165) is 15.7 Å². The average molecular weight is 335 g/mol. The number of amides is 1. The van der Waals surface area contributed by atoms with Crippen LogP contribution in [0, 0.1) is 13.8 Å². The Hall–Kier alpha value is -0.350. The van der Waals surface area contributed by atoms with E-state index in [9.17, 15) is 4.79 Å². The summed E-state index contributed by atoms with van der Waals surface area (Å²) in [7, 11) is 0. The van der Waals surface area contributed by atoms with Crippen molar-refractivity contribution in [3.05, 3.63) is 27.7 Å². The number of nitrogens with one attached hydrogen (secondary N) is 1. The lowest BCUT2D eigenvalue weighted by atomic mass is 10.1. The summed E-state index contributed by atoms with van der Waals surface area (Å²) in [5.74, 6) is 0.0273. The van der Waals surface area contributed by atoms with Crippen LogP contribution < -0.4 is 5.32 Å². The zero-order chi connectivity index (χ0) is 11.4. The molecular weight excluding hydrogens is 322 g/mol. The highest BCUT2D eigenvalue weighted by molar-refractivity contribution is 9.10. The predicted molar refractivity (Wildman–Crippen MR) is 70.7 cm³/mol. The number of alkyl halides is 1. The first-order valence-corrected chi connectivity index (χ1v) is 6.58. The van der Waals surface area contributed by atoms with Crippen LogP contribution >= 0.6 is 31.9 Å². The van der Waals surface area contributed by atoms with Crippen molar-refractivity contribution in [3.63, 3.8) is 0 Å². The highest BCUT2D eigenvalue weighted by Gasteiger charge is 2.08. The Bertz CT molecular complexity index is 354. The van der Waals surface area contributed by atoms with Crippen LogP contribution in [0.1, 0.15) is 17.5 Å². The minimum Gasteiger partial charge on any atom is -0.325 e. The molecule has 1 amide bonds. The topological polar surface area (TPSA) is 29.1 Å². The Morgan fingerprint density at radius 1 is 1.40 bits per heavy atom. The molecule has 0 aromatic heterocycles. The molecule has 15 heavy (non-hydrogen) atoms. The zero-order valence-electron chi connectivity index (χ0n) is 8.73. The molecule has 0 fully saturated rings. The number of carbonyl (C=O) groups is 1. The van der Waals surface area contributed by atoms with E-state index in [2.05, 4.69) is 43.2 Å². The van der Waals surface area contributed by atoms with Gasteiger partial charge in [0.2, 0.25) is 5.91 Å². The van der Waals surface area contributed by atoms with Gasteiger partial charge in [-0.15, -0.1) is 0 Å². The van der Waals surface area contributed by atoms with Crippen LogP contribution in [-0.4, -0.2) is 11.2 Å². The maximum absolute atomic E-state index is 11.4. The Morgan fingerprint density at radius 3 is 2.60 bits per heavy atom. The molecule has 82 valence electrons. The lowest BCUT2D eigenvalue weighted by molar-refractivity contribution is -0.115. The second-order valence-electron chi connectivity index (χ2n) is 3.43. The minimum absolute atomic E-state index is 0.0273. The van der Waals surface area contributed by atoms with Crippen LogP contribution in [0.25, 0.3) is 0 Å². The number of anilines is 1. The molecule has 0 heterocycles. The zero-order valence-corrected chi connectivity index (χ0v) is 11.9. The van der Waals surface area contributed by atoms with Crippen molar-refractivity contribution in [1.29, 1.82) is 0 Å². The SMILES string of the molecule is Cc1cc(C)c(NC(=O)CCBr)c(Br)c1. The van der Waals surface area contributed by atoms with Crippen molar-refractivity contribution >= 4 is 43.5 Å². The van der Waals surface area contributed by atoms with E-state index in [1.807, 2.05) is 19.9 Å². The first-order valence-electron chi connectivity index (χ1n) is 4.67. The van der Waals surface area contributed by atoms with E-state index in [0.29, 0.717) is 11.8 Å². The molecular formula is C11H13Br2NO. The molecule has 4 heteroatoms. The van der Waals surface area contributed by atoms with Gasteiger partial charge in [-0.25, -0.2) is 0 Å². The van der Waals surface area contributed by atoms with Crippen LogP contribution in [-0.2, 0) is 4.79 Å². The van der Waals surface area contributed by atoms with Gasteiger partial charge in [-0.1, -0.05) is 22.0 Å². The highest BCUT2D eigenvalue weighted by Crippen LogP contribution is 2.27. The lowest BCUT2D eigenvalue weighted by Gasteiger charge is -2.11. The van der Waals surface area contributed by atoms with Crippen LogP contribution in [0.5, 0.6) is 0 Å². The summed E-state index contributed by atoms with van der Waals surface area (Å²) >= 11 is 6.69. The van der Waals surface area contributed by atoms with Gasteiger partial charge in [0.05, 0.1) is 5.69 Å². The van der Waals surface area contributed by atoms with Gasteiger partial charge in [0.15, 0.2) is 0 Å². The third-order valence-electron chi connectivity index (χ3n) is 2.02. The van der Waals surface area contributed by atoms with E-state index in [1.165, 1.54) is 5.56 Å². The Morgan fingerprint density at radius 2 is 2.07 bits per heavy atom. The summed E-state index contributed by atoms with van der Waals surface area (Å²) < 4.78 is 0.933. The van der Waals surface area contributed by atoms with Crippen LogP contribution in [0.15, 0.2) is 16.6 Å². The third-order valence-corrected chi connectivity index (χ3v) is 3.04. The Balaban J connectivity index is 2.90. The van der Waals surface area contributed by atoms with E-state index in [4.69, 9.17) is 0 Å². The molecule has 0 atom stereocenters. The van der Waals surface area contributed by atoms with Gasteiger partial charge in [0.25, 0.3) is 0 Å². The first kappa shape index (κ1) is 12.7. The molecule has 1 N–H and O–H groups in total. The van der Waals surface area contributed by atoms with E-state index in [-0.39, 0.29) is 5.91 Å². The number of hydrogen-bond acceptors (Lipinski definition) is 1. The minimum atomic E-state index is 0.0273. The van der Waals surface area contributed by atoms with E-state index >= 15 is 0 Å². The van der Waals surface area contributed by atoms with Crippen LogP contribution in [0.3, 0.4) is 0 Å². The second kappa shape index (κ2) is 5.66. The monoisotopic (exact) mass is 333 g/mol. The molecule has 0 aliphatic rings. The molecule has 0 saturated heterocycles. The fourth-order valence-electron chi connectivity index (χ4n) is 1.36. The smallest absolute Gasteiger partial charge is 0.225 e. The fraction of sp³-hybridized carbons (Fsp3) is 0.364. The third kappa shape index (κ3) is 3.61. The second-order valence-corrected chi connectivity index (χ2v) is 5.07. The predicted octanol–water partition coefficient (Wildman–Crippen LogP) is 3.79. The summed E-state index contributed by atoms with van der Waals surface area (Å²) in [5.41, 5.74) is 3.12. The molecule has 0 saturated carbocycles. The number of hydrogen-bond donors (Lipinski definition) is 1. The summed E-state index contributed by atoms with van der Waals surface area (Å²) in [6, 6.07) is 4.05. The fourth-order valence-corrected chi connectivity index (χ4v) is 2.49. The number of carbonyl (C=O) groups excluding carboxylic acids is 1. The van der Waals surface area contributed by atoms with Gasteiger partial charge in [-0.05, 0) is 47.0 Å². The molecule has 1 rings (SSSR count). The van der Waals surface area contributed by atoms with Gasteiger partial charge < -0.3 is 5.32 Å². The molecule has 0 spiro atoms. The van der Waals surface area contributed by atoms with Crippen molar-refractivity contribution in [3.8, 4) is 0 Å².